The van der Waals surface area contributed by atoms with Gasteiger partial charge < -0.3 is 18.9 Å². The van der Waals surface area contributed by atoms with Gasteiger partial charge in [0.25, 0.3) is 0 Å². The molecule has 0 aliphatic heterocycles. The Labute approximate surface area is 122 Å². The third-order valence-electron chi connectivity index (χ3n) is 2.65. The summed E-state index contributed by atoms with van der Waals surface area (Å²) in [7, 11) is 0. The second-order valence-corrected chi connectivity index (χ2v) is 4.73. The van der Waals surface area contributed by atoms with E-state index in [0.717, 1.165) is 13.0 Å². The van der Waals surface area contributed by atoms with Crippen LogP contribution in [0, 0.1) is 5.92 Å². The minimum absolute atomic E-state index is 0.240. The van der Waals surface area contributed by atoms with Crippen molar-refractivity contribution in [2.75, 3.05) is 46.2 Å². The zero-order valence-electron chi connectivity index (χ0n) is 13.0. The zero-order chi connectivity index (χ0) is 15.2. The lowest BCUT2D eigenvalue weighted by Gasteiger charge is -2.10. The van der Waals surface area contributed by atoms with Crippen LogP contribution in [-0.2, 0) is 23.7 Å². The third-order valence-corrected chi connectivity index (χ3v) is 2.65. The number of esters is 1. The van der Waals surface area contributed by atoms with Crippen molar-refractivity contribution in [3.8, 4) is 0 Å². The summed E-state index contributed by atoms with van der Waals surface area (Å²) in [6.07, 6.45) is 1.13. The van der Waals surface area contributed by atoms with Crippen molar-refractivity contribution in [3.63, 3.8) is 0 Å². The normalized spacial score (nSPS) is 12.2. The van der Waals surface area contributed by atoms with Crippen LogP contribution in [0.4, 0.5) is 0 Å². The first-order chi connectivity index (χ1) is 9.57. The first-order valence-electron chi connectivity index (χ1n) is 7.13. The standard InChI is InChI=1S/C15H28O5/c1-5-14(4)12-19-9-8-17-6-7-18-10-11-20-15(16)13(2)3/h14H,2,5-12H2,1,3-4H3. The summed E-state index contributed by atoms with van der Waals surface area (Å²) in [5.74, 6) is 0.212. The molecule has 1 atom stereocenters. The molecule has 0 aliphatic rings. The van der Waals surface area contributed by atoms with Crippen molar-refractivity contribution < 1.29 is 23.7 Å². The molecule has 20 heavy (non-hydrogen) atoms. The van der Waals surface area contributed by atoms with Gasteiger partial charge in [0.15, 0.2) is 0 Å². The molecule has 0 fully saturated rings. The molecule has 0 rings (SSSR count). The monoisotopic (exact) mass is 288 g/mol. The molecule has 0 aromatic heterocycles. The Balaban J connectivity index is 3.14. The molecule has 0 aromatic carbocycles. The topological polar surface area (TPSA) is 54.0 Å². The molecule has 1 unspecified atom stereocenters. The Hall–Kier alpha value is -0.910. The Morgan fingerprint density at radius 3 is 2.00 bits per heavy atom. The van der Waals surface area contributed by atoms with Gasteiger partial charge in [0.2, 0.25) is 0 Å². The van der Waals surface area contributed by atoms with Gasteiger partial charge in [-0.15, -0.1) is 0 Å². The van der Waals surface area contributed by atoms with Crippen LogP contribution in [-0.4, -0.2) is 52.2 Å². The second kappa shape index (κ2) is 13.1. The number of rotatable bonds is 13. The molecule has 0 aliphatic carbocycles. The Bertz CT molecular complexity index is 265. The van der Waals surface area contributed by atoms with Gasteiger partial charge in [0.05, 0.1) is 33.0 Å². The SMILES string of the molecule is C=C(C)C(=O)OCCOCCOCCOCC(C)CC. The van der Waals surface area contributed by atoms with Gasteiger partial charge in [-0.2, -0.15) is 0 Å². The van der Waals surface area contributed by atoms with Crippen LogP contribution in [0.25, 0.3) is 0 Å². The largest absolute Gasteiger partial charge is 0.460 e. The average Bonchev–Trinajstić information content (AvgIpc) is 2.43. The van der Waals surface area contributed by atoms with Crippen molar-refractivity contribution in [1.29, 1.82) is 0 Å². The first-order valence-corrected chi connectivity index (χ1v) is 7.13. The van der Waals surface area contributed by atoms with Gasteiger partial charge in [-0.25, -0.2) is 4.79 Å². The summed E-state index contributed by atoms with van der Waals surface area (Å²) in [6, 6.07) is 0. The summed E-state index contributed by atoms with van der Waals surface area (Å²) >= 11 is 0. The molecule has 0 heterocycles. The molecule has 0 saturated carbocycles. The summed E-state index contributed by atoms with van der Waals surface area (Å²) in [6.45, 7) is 13.0. The minimum atomic E-state index is -0.386. The van der Waals surface area contributed by atoms with E-state index in [1.165, 1.54) is 0 Å². The maximum absolute atomic E-state index is 11.0. The fourth-order valence-electron chi connectivity index (χ4n) is 1.16. The highest BCUT2D eigenvalue weighted by atomic mass is 16.6. The molecule has 118 valence electrons. The van der Waals surface area contributed by atoms with Crippen LogP contribution < -0.4 is 0 Å². The van der Waals surface area contributed by atoms with E-state index in [9.17, 15) is 4.79 Å². The van der Waals surface area contributed by atoms with Crippen LogP contribution in [0.3, 0.4) is 0 Å². The van der Waals surface area contributed by atoms with E-state index >= 15 is 0 Å². The molecule has 0 aromatic rings. The highest BCUT2D eigenvalue weighted by molar-refractivity contribution is 5.86. The van der Waals surface area contributed by atoms with Gasteiger partial charge in [-0.3, -0.25) is 0 Å². The van der Waals surface area contributed by atoms with Crippen molar-refractivity contribution >= 4 is 5.97 Å². The Morgan fingerprint density at radius 2 is 1.50 bits per heavy atom. The fourth-order valence-corrected chi connectivity index (χ4v) is 1.16. The molecular weight excluding hydrogens is 260 g/mol. The van der Waals surface area contributed by atoms with Crippen molar-refractivity contribution in [2.45, 2.75) is 27.2 Å². The van der Waals surface area contributed by atoms with Crippen LogP contribution in [0.15, 0.2) is 12.2 Å². The number of carbonyl (C=O) groups is 1. The smallest absolute Gasteiger partial charge is 0.333 e. The van der Waals surface area contributed by atoms with Gasteiger partial charge in [0.1, 0.15) is 6.61 Å². The lowest BCUT2D eigenvalue weighted by Crippen LogP contribution is -2.14. The Kier molecular flexibility index (Phi) is 12.5. The quantitative estimate of drug-likeness (QED) is 0.295. The number of hydrogen-bond acceptors (Lipinski definition) is 5. The molecule has 5 heteroatoms. The summed E-state index contributed by atoms with van der Waals surface area (Å²) in [4.78, 5) is 11.0. The van der Waals surface area contributed by atoms with Crippen LogP contribution in [0.2, 0.25) is 0 Å². The third kappa shape index (κ3) is 12.1. The molecule has 0 bridgehead atoms. The predicted octanol–water partition coefficient (Wildman–Crippen LogP) is 2.20. The maximum Gasteiger partial charge on any atom is 0.333 e. The average molecular weight is 288 g/mol. The lowest BCUT2D eigenvalue weighted by molar-refractivity contribution is -0.140. The van der Waals surface area contributed by atoms with Gasteiger partial charge in [0, 0.05) is 12.2 Å². The molecular formula is C15H28O5. The molecule has 5 nitrogen and oxygen atoms in total. The fraction of sp³-hybridized carbons (Fsp3) is 0.800. The van der Waals surface area contributed by atoms with Gasteiger partial charge in [-0.05, 0) is 12.8 Å². The maximum atomic E-state index is 11.0. The number of ether oxygens (including phenoxy) is 4. The van der Waals surface area contributed by atoms with E-state index in [1.807, 2.05) is 0 Å². The van der Waals surface area contributed by atoms with E-state index in [2.05, 4.69) is 20.4 Å². The Morgan fingerprint density at radius 1 is 1.00 bits per heavy atom. The van der Waals surface area contributed by atoms with Crippen LogP contribution in [0.5, 0.6) is 0 Å². The minimum Gasteiger partial charge on any atom is -0.460 e. The predicted molar refractivity (Wildman–Crippen MR) is 77.7 cm³/mol. The summed E-state index contributed by atoms with van der Waals surface area (Å²) in [5.41, 5.74) is 0.394. The van der Waals surface area contributed by atoms with Crippen molar-refractivity contribution in [2.24, 2.45) is 5.92 Å². The van der Waals surface area contributed by atoms with E-state index < -0.39 is 0 Å². The first kappa shape index (κ1) is 19.1. The van der Waals surface area contributed by atoms with Crippen molar-refractivity contribution in [1.82, 2.24) is 0 Å². The molecule has 0 N–H and O–H groups in total. The van der Waals surface area contributed by atoms with E-state index in [-0.39, 0.29) is 12.6 Å². The number of hydrogen-bond donors (Lipinski definition) is 0. The zero-order valence-corrected chi connectivity index (χ0v) is 13.0. The molecule has 0 saturated heterocycles. The van der Waals surface area contributed by atoms with Crippen LogP contribution in [0.1, 0.15) is 27.2 Å². The van der Waals surface area contributed by atoms with Crippen LogP contribution >= 0.6 is 0 Å². The van der Waals surface area contributed by atoms with E-state index in [1.54, 1.807) is 6.92 Å². The molecule has 0 radical (unpaired) electrons. The lowest BCUT2D eigenvalue weighted by atomic mass is 10.1. The number of carbonyl (C=O) groups excluding carboxylic acids is 1. The molecule has 0 spiro atoms. The van der Waals surface area contributed by atoms with E-state index in [0.29, 0.717) is 44.5 Å². The van der Waals surface area contributed by atoms with Gasteiger partial charge >= 0.3 is 5.97 Å². The summed E-state index contributed by atoms with van der Waals surface area (Å²) in [5, 5.41) is 0. The highest BCUT2D eigenvalue weighted by Crippen LogP contribution is 1.99. The van der Waals surface area contributed by atoms with Gasteiger partial charge in [-0.1, -0.05) is 26.8 Å². The second-order valence-electron chi connectivity index (χ2n) is 4.73. The van der Waals surface area contributed by atoms with Crippen molar-refractivity contribution in [3.05, 3.63) is 12.2 Å². The highest BCUT2D eigenvalue weighted by Gasteiger charge is 2.01. The van der Waals surface area contributed by atoms with E-state index in [4.69, 9.17) is 18.9 Å². The molecule has 0 amide bonds. The summed E-state index contributed by atoms with van der Waals surface area (Å²) < 4.78 is 20.9.